The number of hydrogen-bond donors (Lipinski definition) is 2. The van der Waals surface area contributed by atoms with Crippen molar-refractivity contribution in [3.05, 3.63) is 29.0 Å². The molecule has 0 saturated carbocycles. The molecule has 3 rings (SSSR count). The predicted octanol–water partition coefficient (Wildman–Crippen LogP) is 2.58. The van der Waals surface area contributed by atoms with Crippen LogP contribution in [-0.2, 0) is 11.3 Å². The van der Waals surface area contributed by atoms with Crippen molar-refractivity contribution in [1.29, 1.82) is 0 Å². The summed E-state index contributed by atoms with van der Waals surface area (Å²) >= 11 is 0. The number of ether oxygens (including phenoxy) is 2. The van der Waals surface area contributed by atoms with E-state index < -0.39 is 6.23 Å². The van der Waals surface area contributed by atoms with Gasteiger partial charge in [0.25, 0.3) is 0 Å². The number of nitrogens with one attached hydrogen (secondary N) is 1. The molecule has 0 saturated heterocycles. The second-order valence-electron chi connectivity index (χ2n) is 5.13. The van der Waals surface area contributed by atoms with Gasteiger partial charge in [-0.1, -0.05) is 0 Å². The first-order valence-electron chi connectivity index (χ1n) is 6.96. The summed E-state index contributed by atoms with van der Waals surface area (Å²) in [5.41, 5.74) is 2.89. The topological polar surface area (TPSA) is 74.8 Å². The molecule has 0 bridgehead atoms. The average molecular weight is 290 g/mol. The molecule has 1 aromatic carbocycles. The van der Waals surface area contributed by atoms with Gasteiger partial charge in [0, 0.05) is 22.2 Å². The highest BCUT2D eigenvalue weighted by Gasteiger charge is 2.28. The molecule has 0 amide bonds. The number of H-pyrrole nitrogens is 1. The SMILES string of the molecule is CCOC(=O)c1c(C)[nH]c2ccc3c(c12)CN(O)C(C)O3. The fraction of sp³-hybridized carbons (Fsp3) is 0.400. The van der Waals surface area contributed by atoms with Crippen LogP contribution in [0.4, 0.5) is 0 Å². The number of hydroxylamine groups is 2. The summed E-state index contributed by atoms with van der Waals surface area (Å²) in [5.74, 6) is 0.322. The zero-order valence-corrected chi connectivity index (χ0v) is 12.3. The molecule has 2 aromatic rings. The van der Waals surface area contributed by atoms with Crippen LogP contribution in [0.3, 0.4) is 0 Å². The van der Waals surface area contributed by atoms with Gasteiger partial charge in [0.15, 0.2) is 6.23 Å². The highest BCUT2D eigenvalue weighted by atomic mass is 16.6. The van der Waals surface area contributed by atoms with Gasteiger partial charge in [-0.3, -0.25) is 0 Å². The van der Waals surface area contributed by atoms with Crippen molar-refractivity contribution in [2.75, 3.05) is 6.61 Å². The largest absolute Gasteiger partial charge is 0.473 e. The molecule has 1 aliphatic rings. The molecule has 21 heavy (non-hydrogen) atoms. The first-order chi connectivity index (χ1) is 10.0. The van der Waals surface area contributed by atoms with E-state index in [0.717, 1.165) is 27.2 Å². The maximum Gasteiger partial charge on any atom is 0.340 e. The number of nitrogens with zero attached hydrogens (tertiary/aromatic N) is 1. The third-order valence-electron chi connectivity index (χ3n) is 3.73. The van der Waals surface area contributed by atoms with Crippen LogP contribution in [-0.4, -0.2) is 34.1 Å². The summed E-state index contributed by atoms with van der Waals surface area (Å²) in [6, 6.07) is 3.73. The van der Waals surface area contributed by atoms with E-state index in [0.29, 0.717) is 24.5 Å². The standard InChI is InChI=1S/C15H18N2O4/c1-4-20-15(18)13-8(2)16-11-5-6-12-10(14(11)13)7-17(19)9(3)21-12/h5-6,9,16,19H,4,7H2,1-3H3. The maximum absolute atomic E-state index is 12.2. The summed E-state index contributed by atoms with van der Waals surface area (Å²) in [5, 5.41) is 11.8. The minimum absolute atomic E-state index is 0.303. The monoisotopic (exact) mass is 290 g/mol. The Bertz CT molecular complexity index is 707. The average Bonchev–Trinajstić information content (AvgIpc) is 2.77. The molecule has 6 nitrogen and oxygen atoms in total. The van der Waals surface area contributed by atoms with Crippen molar-refractivity contribution in [1.82, 2.24) is 10.0 Å². The fourth-order valence-corrected chi connectivity index (χ4v) is 2.73. The summed E-state index contributed by atoms with van der Waals surface area (Å²) < 4.78 is 10.8. The number of benzene rings is 1. The lowest BCUT2D eigenvalue weighted by molar-refractivity contribution is -0.195. The van der Waals surface area contributed by atoms with Crippen LogP contribution in [0.5, 0.6) is 5.75 Å². The Labute approximate surface area is 122 Å². The van der Waals surface area contributed by atoms with E-state index in [9.17, 15) is 10.0 Å². The van der Waals surface area contributed by atoms with Gasteiger partial charge in [-0.2, -0.15) is 0 Å². The first kappa shape index (κ1) is 13.9. The molecule has 6 heteroatoms. The Balaban J connectivity index is 2.22. The van der Waals surface area contributed by atoms with Gasteiger partial charge < -0.3 is 19.7 Å². The molecule has 2 heterocycles. The van der Waals surface area contributed by atoms with Gasteiger partial charge in [0.1, 0.15) is 5.75 Å². The van der Waals surface area contributed by atoms with E-state index in [1.54, 1.807) is 13.8 Å². The number of fused-ring (bicyclic) bond motifs is 3. The highest BCUT2D eigenvalue weighted by Crippen LogP contribution is 2.36. The molecule has 112 valence electrons. The van der Waals surface area contributed by atoms with Gasteiger partial charge >= 0.3 is 5.97 Å². The number of carbonyl (C=O) groups is 1. The third-order valence-corrected chi connectivity index (χ3v) is 3.73. The van der Waals surface area contributed by atoms with Crippen molar-refractivity contribution in [2.24, 2.45) is 0 Å². The fourth-order valence-electron chi connectivity index (χ4n) is 2.73. The van der Waals surface area contributed by atoms with Crippen LogP contribution < -0.4 is 4.74 Å². The van der Waals surface area contributed by atoms with Crippen LogP contribution >= 0.6 is 0 Å². The second-order valence-corrected chi connectivity index (χ2v) is 5.13. The zero-order valence-electron chi connectivity index (χ0n) is 12.3. The quantitative estimate of drug-likeness (QED) is 0.831. The Morgan fingerprint density at radius 2 is 2.33 bits per heavy atom. The van der Waals surface area contributed by atoms with E-state index in [1.165, 1.54) is 0 Å². The summed E-state index contributed by atoms with van der Waals surface area (Å²) in [6.07, 6.45) is -0.416. The van der Waals surface area contributed by atoms with Crippen molar-refractivity contribution >= 4 is 16.9 Å². The van der Waals surface area contributed by atoms with Gasteiger partial charge in [-0.25, -0.2) is 4.79 Å². The highest BCUT2D eigenvalue weighted by molar-refractivity contribution is 6.07. The summed E-state index contributed by atoms with van der Waals surface area (Å²) in [6.45, 7) is 6.00. The lowest BCUT2D eigenvalue weighted by atomic mass is 10.0. The number of hydrogen-bond acceptors (Lipinski definition) is 5. The summed E-state index contributed by atoms with van der Waals surface area (Å²) in [7, 11) is 0. The minimum atomic E-state index is -0.416. The number of carbonyl (C=O) groups excluding carboxylic acids is 1. The molecule has 2 N–H and O–H groups in total. The number of aryl methyl sites for hydroxylation is 1. The van der Waals surface area contributed by atoms with Crippen molar-refractivity contribution in [3.8, 4) is 5.75 Å². The molecule has 1 aromatic heterocycles. The second kappa shape index (κ2) is 5.05. The molecular weight excluding hydrogens is 272 g/mol. The van der Waals surface area contributed by atoms with Crippen molar-refractivity contribution in [3.63, 3.8) is 0 Å². The first-order valence-corrected chi connectivity index (χ1v) is 6.96. The van der Waals surface area contributed by atoms with E-state index in [-0.39, 0.29) is 5.97 Å². The molecule has 0 spiro atoms. The molecule has 1 atom stereocenters. The van der Waals surface area contributed by atoms with E-state index >= 15 is 0 Å². The summed E-state index contributed by atoms with van der Waals surface area (Å²) in [4.78, 5) is 15.4. The molecule has 0 aliphatic carbocycles. The number of aromatic nitrogens is 1. The Hall–Kier alpha value is -2.05. The van der Waals surface area contributed by atoms with E-state index in [2.05, 4.69) is 4.98 Å². The lowest BCUT2D eigenvalue weighted by Gasteiger charge is -2.30. The zero-order chi connectivity index (χ0) is 15.1. The minimum Gasteiger partial charge on any atom is -0.473 e. The number of aromatic amines is 1. The van der Waals surface area contributed by atoms with Crippen LogP contribution in [0.15, 0.2) is 12.1 Å². The normalized spacial score (nSPS) is 18.4. The third kappa shape index (κ3) is 2.16. The van der Waals surface area contributed by atoms with Gasteiger partial charge in [0.2, 0.25) is 0 Å². The van der Waals surface area contributed by atoms with Gasteiger partial charge in [-0.05, 0) is 32.9 Å². The Morgan fingerprint density at radius 1 is 1.57 bits per heavy atom. The van der Waals surface area contributed by atoms with Crippen molar-refractivity contribution in [2.45, 2.75) is 33.5 Å². The van der Waals surface area contributed by atoms with Crippen molar-refractivity contribution < 1.29 is 19.5 Å². The van der Waals surface area contributed by atoms with Crippen LogP contribution in [0, 0.1) is 6.92 Å². The molecule has 0 fully saturated rings. The van der Waals surface area contributed by atoms with Gasteiger partial charge in [-0.15, -0.1) is 5.06 Å². The lowest BCUT2D eigenvalue weighted by Crippen LogP contribution is -2.37. The number of esters is 1. The van der Waals surface area contributed by atoms with Gasteiger partial charge in [0.05, 0.1) is 18.7 Å². The molecule has 1 aliphatic heterocycles. The smallest absolute Gasteiger partial charge is 0.340 e. The van der Waals surface area contributed by atoms with Crippen LogP contribution in [0.1, 0.15) is 35.5 Å². The van der Waals surface area contributed by atoms with E-state index in [4.69, 9.17) is 9.47 Å². The van der Waals surface area contributed by atoms with Crippen LogP contribution in [0.25, 0.3) is 10.9 Å². The molecule has 0 radical (unpaired) electrons. The molecular formula is C15H18N2O4. The molecule has 1 unspecified atom stereocenters. The Morgan fingerprint density at radius 3 is 3.05 bits per heavy atom. The van der Waals surface area contributed by atoms with Crippen LogP contribution in [0.2, 0.25) is 0 Å². The maximum atomic E-state index is 12.2. The van der Waals surface area contributed by atoms with E-state index in [1.807, 2.05) is 19.1 Å². The Kier molecular flexibility index (Phi) is 3.35. The number of rotatable bonds is 2. The predicted molar refractivity (Wildman–Crippen MR) is 76.4 cm³/mol.